The van der Waals surface area contributed by atoms with E-state index in [1.165, 1.54) is 43.2 Å². The zero-order valence-corrected chi connectivity index (χ0v) is 10.8. The fourth-order valence-corrected chi connectivity index (χ4v) is 2.71. The maximum atomic E-state index is 6.37. The number of aryl methyl sites for hydroxylation is 1. The first-order chi connectivity index (χ1) is 7.29. The molecule has 0 spiro atoms. The van der Waals surface area contributed by atoms with Crippen LogP contribution in [0.5, 0.6) is 0 Å². The second-order valence-corrected chi connectivity index (χ2v) is 4.78. The zero-order chi connectivity index (χ0) is 10.7. The number of hydrogen-bond donors (Lipinski definition) is 1. The Morgan fingerprint density at radius 1 is 1.12 bits per heavy atom. The molecule has 0 heterocycles. The topological polar surface area (TPSA) is 26.0 Å². The largest absolute Gasteiger partial charge is 0.324 e. The molecule has 0 amide bonds. The van der Waals surface area contributed by atoms with Crippen LogP contribution in [0.1, 0.15) is 49.3 Å². The molecule has 1 atom stereocenters. The first-order valence-corrected chi connectivity index (χ1v) is 6.10. The summed E-state index contributed by atoms with van der Waals surface area (Å²) in [5.74, 6) is 0.708. The minimum atomic E-state index is 0. The monoisotopic (exact) mass is 239 g/mol. The lowest BCUT2D eigenvalue weighted by Gasteiger charge is -2.28. The Morgan fingerprint density at radius 2 is 1.75 bits per heavy atom. The SMILES string of the molecule is Cc1ccccc1[C@@H](N)C1CCCCC1.Cl. The second kappa shape index (κ2) is 6.27. The van der Waals surface area contributed by atoms with Gasteiger partial charge in [-0.25, -0.2) is 0 Å². The fourth-order valence-electron chi connectivity index (χ4n) is 2.71. The average Bonchev–Trinajstić information content (AvgIpc) is 2.30. The van der Waals surface area contributed by atoms with Crippen LogP contribution < -0.4 is 5.73 Å². The summed E-state index contributed by atoms with van der Waals surface area (Å²) in [6.07, 6.45) is 6.76. The van der Waals surface area contributed by atoms with Gasteiger partial charge in [-0.15, -0.1) is 12.4 Å². The Morgan fingerprint density at radius 3 is 2.38 bits per heavy atom. The van der Waals surface area contributed by atoms with Crippen molar-refractivity contribution >= 4 is 12.4 Å². The van der Waals surface area contributed by atoms with Crippen molar-refractivity contribution in [1.82, 2.24) is 0 Å². The maximum Gasteiger partial charge on any atom is 0.0326 e. The number of benzene rings is 1. The maximum absolute atomic E-state index is 6.37. The van der Waals surface area contributed by atoms with E-state index in [1.54, 1.807) is 0 Å². The predicted molar refractivity (Wildman–Crippen MR) is 71.9 cm³/mol. The van der Waals surface area contributed by atoms with E-state index in [0.29, 0.717) is 5.92 Å². The van der Waals surface area contributed by atoms with Gasteiger partial charge in [0.2, 0.25) is 0 Å². The molecule has 16 heavy (non-hydrogen) atoms. The van der Waals surface area contributed by atoms with Crippen LogP contribution in [0.3, 0.4) is 0 Å². The molecule has 0 saturated heterocycles. The summed E-state index contributed by atoms with van der Waals surface area (Å²) >= 11 is 0. The van der Waals surface area contributed by atoms with Gasteiger partial charge in [0.1, 0.15) is 0 Å². The third-order valence-electron chi connectivity index (χ3n) is 3.71. The quantitative estimate of drug-likeness (QED) is 0.830. The summed E-state index contributed by atoms with van der Waals surface area (Å²) in [5.41, 5.74) is 9.06. The Bertz CT molecular complexity index is 318. The molecule has 1 aliphatic carbocycles. The molecular weight excluding hydrogens is 218 g/mol. The number of halogens is 1. The Kier molecular flexibility index (Phi) is 5.30. The summed E-state index contributed by atoms with van der Waals surface area (Å²) in [4.78, 5) is 0. The van der Waals surface area contributed by atoms with Crippen LogP contribution in [-0.2, 0) is 0 Å². The van der Waals surface area contributed by atoms with Crippen LogP contribution in [0.4, 0.5) is 0 Å². The fraction of sp³-hybridized carbons (Fsp3) is 0.571. The molecule has 1 fully saturated rings. The van der Waals surface area contributed by atoms with Crippen molar-refractivity contribution in [3.05, 3.63) is 35.4 Å². The molecular formula is C14H22ClN. The highest BCUT2D eigenvalue weighted by molar-refractivity contribution is 5.85. The lowest BCUT2D eigenvalue weighted by atomic mass is 9.80. The Balaban J connectivity index is 0.00000128. The van der Waals surface area contributed by atoms with Crippen molar-refractivity contribution in [3.63, 3.8) is 0 Å². The van der Waals surface area contributed by atoms with Gasteiger partial charge in [0.15, 0.2) is 0 Å². The number of hydrogen-bond acceptors (Lipinski definition) is 1. The van der Waals surface area contributed by atoms with Crippen LogP contribution >= 0.6 is 12.4 Å². The average molecular weight is 240 g/mol. The standard InChI is InChI=1S/C14H21N.ClH/c1-11-7-5-6-10-13(11)14(15)12-8-3-2-4-9-12;/h5-7,10,12,14H,2-4,8-9,15H2,1H3;1H/t14-;/m0./s1. The van der Waals surface area contributed by atoms with Gasteiger partial charge >= 0.3 is 0 Å². The first-order valence-electron chi connectivity index (χ1n) is 6.10. The third-order valence-corrected chi connectivity index (χ3v) is 3.71. The number of rotatable bonds is 2. The van der Waals surface area contributed by atoms with Crippen LogP contribution in [-0.4, -0.2) is 0 Å². The van der Waals surface area contributed by atoms with Gasteiger partial charge in [0.25, 0.3) is 0 Å². The summed E-state index contributed by atoms with van der Waals surface area (Å²) < 4.78 is 0. The van der Waals surface area contributed by atoms with E-state index < -0.39 is 0 Å². The third kappa shape index (κ3) is 2.99. The van der Waals surface area contributed by atoms with Gasteiger partial charge in [-0.1, -0.05) is 43.5 Å². The lowest BCUT2D eigenvalue weighted by molar-refractivity contribution is 0.307. The molecule has 1 aromatic carbocycles. The van der Waals surface area contributed by atoms with E-state index in [-0.39, 0.29) is 18.4 Å². The second-order valence-electron chi connectivity index (χ2n) is 4.78. The molecule has 1 saturated carbocycles. The first kappa shape index (κ1) is 13.5. The summed E-state index contributed by atoms with van der Waals surface area (Å²) in [7, 11) is 0. The Labute approximate surface area is 105 Å². The highest BCUT2D eigenvalue weighted by atomic mass is 35.5. The van der Waals surface area contributed by atoms with E-state index in [0.717, 1.165) is 0 Å². The predicted octanol–water partition coefficient (Wildman–Crippen LogP) is 4.00. The van der Waals surface area contributed by atoms with Gasteiger partial charge < -0.3 is 5.73 Å². The minimum Gasteiger partial charge on any atom is -0.324 e. The van der Waals surface area contributed by atoms with Crippen LogP contribution in [0.25, 0.3) is 0 Å². The normalized spacial score (nSPS) is 18.9. The van der Waals surface area contributed by atoms with E-state index in [9.17, 15) is 0 Å². The lowest BCUT2D eigenvalue weighted by Crippen LogP contribution is -2.24. The van der Waals surface area contributed by atoms with Crippen molar-refractivity contribution in [3.8, 4) is 0 Å². The molecule has 0 bridgehead atoms. The van der Waals surface area contributed by atoms with Crippen LogP contribution in [0, 0.1) is 12.8 Å². The van der Waals surface area contributed by atoms with Gasteiger partial charge in [0, 0.05) is 6.04 Å². The van der Waals surface area contributed by atoms with Crippen molar-refractivity contribution in [2.24, 2.45) is 11.7 Å². The van der Waals surface area contributed by atoms with E-state index in [1.807, 2.05) is 0 Å². The smallest absolute Gasteiger partial charge is 0.0326 e. The molecule has 0 aromatic heterocycles. The van der Waals surface area contributed by atoms with Gasteiger partial charge in [-0.05, 0) is 36.8 Å². The molecule has 2 rings (SSSR count). The molecule has 0 unspecified atom stereocenters. The molecule has 0 radical (unpaired) electrons. The van der Waals surface area contributed by atoms with E-state index in [4.69, 9.17) is 5.73 Å². The summed E-state index contributed by atoms with van der Waals surface area (Å²) in [6.45, 7) is 2.16. The molecule has 0 aliphatic heterocycles. The molecule has 2 N–H and O–H groups in total. The highest BCUT2D eigenvalue weighted by Gasteiger charge is 2.22. The zero-order valence-electron chi connectivity index (χ0n) is 9.99. The highest BCUT2D eigenvalue weighted by Crippen LogP contribution is 2.33. The van der Waals surface area contributed by atoms with Crippen LogP contribution in [0.15, 0.2) is 24.3 Å². The molecule has 90 valence electrons. The van der Waals surface area contributed by atoms with Crippen molar-refractivity contribution in [2.75, 3.05) is 0 Å². The summed E-state index contributed by atoms with van der Waals surface area (Å²) in [6, 6.07) is 8.80. The van der Waals surface area contributed by atoms with Gasteiger partial charge in [-0.2, -0.15) is 0 Å². The van der Waals surface area contributed by atoms with E-state index in [2.05, 4.69) is 31.2 Å². The van der Waals surface area contributed by atoms with Crippen molar-refractivity contribution < 1.29 is 0 Å². The van der Waals surface area contributed by atoms with E-state index >= 15 is 0 Å². The van der Waals surface area contributed by atoms with Crippen molar-refractivity contribution in [2.45, 2.75) is 45.1 Å². The molecule has 1 nitrogen and oxygen atoms in total. The summed E-state index contributed by atoms with van der Waals surface area (Å²) in [5, 5.41) is 0. The Hall–Kier alpha value is -0.530. The minimum absolute atomic E-state index is 0. The van der Waals surface area contributed by atoms with Crippen molar-refractivity contribution in [1.29, 1.82) is 0 Å². The molecule has 1 aliphatic rings. The number of nitrogens with two attached hydrogens (primary N) is 1. The van der Waals surface area contributed by atoms with Gasteiger partial charge in [-0.3, -0.25) is 0 Å². The molecule has 1 aromatic rings. The molecule has 2 heteroatoms. The van der Waals surface area contributed by atoms with Gasteiger partial charge in [0.05, 0.1) is 0 Å². The van der Waals surface area contributed by atoms with Crippen LogP contribution in [0.2, 0.25) is 0 Å².